The Bertz CT molecular complexity index is 694. The van der Waals surface area contributed by atoms with Crippen LogP contribution in [0.25, 0.3) is 0 Å². The maximum absolute atomic E-state index is 12.6. The molecule has 2 heterocycles. The largest absolute Gasteiger partial charge is 0.484 e. The molecule has 1 aromatic rings. The van der Waals surface area contributed by atoms with E-state index >= 15 is 0 Å². The first-order valence-electron chi connectivity index (χ1n) is 11.2. The number of ether oxygens (including phenoxy) is 1. The number of carbonyl (C=O) groups excluding carboxylic acids is 2. The Morgan fingerprint density at radius 3 is 2.34 bits per heavy atom. The van der Waals surface area contributed by atoms with Crippen LogP contribution in [0.5, 0.6) is 5.75 Å². The van der Waals surface area contributed by atoms with Crippen LogP contribution in [0.15, 0.2) is 24.3 Å². The normalized spacial score (nSPS) is 21.6. The Morgan fingerprint density at radius 2 is 1.66 bits per heavy atom. The molecule has 1 aromatic carbocycles. The van der Waals surface area contributed by atoms with Crippen LogP contribution in [0.2, 0.25) is 0 Å². The first kappa shape index (κ1) is 20.2. The topological polar surface area (TPSA) is 53.1 Å². The minimum absolute atomic E-state index is 0.0703. The summed E-state index contributed by atoms with van der Waals surface area (Å²) in [6.45, 7) is 4.89. The van der Waals surface area contributed by atoms with Crippen molar-refractivity contribution in [2.45, 2.75) is 57.5 Å². The Hall–Kier alpha value is -2.08. The number of nitrogens with zero attached hydrogens (tertiary/aromatic N) is 3. The molecule has 1 aliphatic carbocycles. The molecule has 0 unspecified atom stereocenters. The predicted molar refractivity (Wildman–Crippen MR) is 112 cm³/mol. The molecule has 0 aromatic heterocycles. The fourth-order valence-electron chi connectivity index (χ4n) is 4.80. The number of hydrogen-bond acceptors (Lipinski definition) is 4. The molecule has 0 atom stereocenters. The molecule has 3 fully saturated rings. The SMILES string of the molecule is O=C(COc1ccc(CN2CCN(C3CCCCC3)C(=O)C2)cc1)N1CCCC1. The average molecular weight is 400 g/mol. The highest BCUT2D eigenvalue weighted by Crippen LogP contribution is 2.24. The zero-order chi connectivity index (χ0) is 20.1. The van der Waals surface area contributed by atoms with Gasteiger partial charge in [-0.2, -0.15) is 0 Å². The fourth-order valence-corrected chi connectivity index (χ4v) is 4.80. The van der Waals surface area contributed by atoms with Crippen molar-refractivity contribution < 1.29 is 14.3 Å². The lowest BCUT2D eigenvalue weighted by molar-refractivity contribution is -0.139. The third kappa shape index (κ3) is 5.30. The minimum Gasteiger partial charge on any atom is -0.484 e. The lowest BCUT2D eigenvalue weighted by Gasteiger charge is -2.40. The monoisotopic (exact) mass is 399 g/mol. The van der Waals surface area contributed by atoms with E-state index in [-0.39, 0.29) is 18.4 Å². The number of carbonyl (C=O) groups is 2. The highest BCUT2D eigenvalue weighted by molar-refractivity contribution is 5.79. The maximum atomic E-state index is 12.6. The fraction of sp³-hybridized carbons (Fsp3) is 0.652. The highest BCUT2D eigenvalue weighted by Gasteiger charge is 2.30. The Morgan fingerprint density at radius 1 is 0.931 bits per heavy atom. The highest BCUT2D eigenvalue weighted by atomic mass is 16.5. The van der Waals surface area contributed by atoms with E-state index in [1.54, 1.807) is 0 Å². The second-order valence-electron chi connectivity index (χ2n) is 8.61. The van der Waals surface area contributed by atoms with Gasteiger partial charge in [-0.15, -0.1) is 0 Å². The zero-order valence-corrected chi connectivity index (χ0v) is 17.4. The van der Waals surface area contributed by atoms with E-state index in [9.17, 15) is 9.59 Å². The number of piperazine rings is 1. The van der Waals surface area contributed by atoms with Gasteiger partial charge < -0.3 is 14.5 Å². The van der Waals surface area contributed by atoms with Gasteiger partial charge in [0.15, 0.2) is 6.61 Å². The number of benzene rings is 1. The first-order chi connectivity index (χ1) is 14.2. The number of rotatable bonds is 6. The van der Waals surface area contributed by atoms with Gasteiger partial charge in [-0.3, -0.25) is 14.5 Å². The van der Waals surface area contributed by atoms with Crippen molar-refractivity contribution in [3.05, 3.63) is 29.8 Å². The second kappa shape index (κ2) is 9.61. The summed E-state index contributed by atoms with van der Waals surface area (Å²) in [7, 11) is 0. The van der Waals surface area contributed by atoms with E-state index in [1.165, 1.54) is 37.7 Å². The van der Waals surface area contributed by atoms with Crippen molar-refractivity contribution >= 4 is 11.8 Å². The Balaban J connectivity index is 1.22. The lowest BCUT2D eigenvalue weighted by atomic mass is 9.93. The smallest absolute Gasteiger partial charge is 0.260 e. The lowest BCUT2D eigenvalue weighted by Crippen LogP contribution is -2.54. The van der Waals surface area contributed by atoms with Crippen molar-refractivity contribution in [2.75, 3.05) is 39.3 Å². The molecule has 0 spiro atoms. The molecule has 2 amide bonds. The van der Waals surface area contributed by atoms with Gasteiger partial charge in [-0.05, 0) is 43.4 Å². The number of amides is 2. The minimum atomic E-state index is 0.0703. The van der Waals surface area contributed by atoms with Gasteiger partial charge in [0.2, 0.25) is 5.91 Å². The van der Waals surface area contributed by atoms with E-state index in [0.717, 1.165) is 51.3 Å². The van der Waals surface area contributed by atoms with Gasteiger partial charge >= 0.3 is 0 Å². The average Bonchev–Trinajstić information content (AvgIpc) is 3.29. The van der Waals surface area contributed by atoms with Gasteiger partial charge in [0.05, 0.1) is 6.54 Å². The molecular formula is C23H33N3O3. The zero-order valence-electron chi connectivity index (χ0n) is 17.4. The number of hydrogen-bond donors (Lipinski definition) is 0. The molecule has 4 rings (SSSR count). The molecule has 6 nitrogen and oxygen atoms in total. The summed E-state index contributed by atoms with van der Waals surface area (Å²) in [5, 5.41) is 0. The molecule has 2 saturated heterocycles. The Labute approximate surface area is 173 Å². The number of likely N-dealkylation sites (tertiary alicyclic amines) is 1. The molecule has 0 N–H and O–H groups in total. The van der Waals surface area contributed by atoms with Crippen molar-refractivity contribution in [1.29, 1.82) is 0 Å². The van der Waals surface area contributed by atoms with Crippen LogP contribution in [0.3, 0.4) is 0 Å². The summed E-state index contributed by atoms with van der Waals surface area (Å²) in [5.41, 5.74) is 1.17. The van der Waals surface area contributed by atoms with Crippen molar-refractivity contribution in [1.82, 2.24) is 14.7 Å². The first-order valence-corrected chi connectivity index (χ1v) is 11.2. The van der Waals surface area contributed by atoms with Crippen molar-refractivity contribution in [3.8, 4) is 5.75 Å². The predicted octanol–water partition coefficient (Wildman–Crippen LogP) is 2.66. The summed E-state index contributed by atoms with van der Waals surface area (Å²) in [6.07, 6.45) is 8.37. The molecule has 0 radical (unpaired) electrons. The second-order valence-corrected chi connectivity index (χ2v) is 8.61. The quantitative estimate of drug-likeness (QED) is 0.738. The van der Waals surface area contributed by atoms with Crippen LogP contribution in [-0.4, -0.2) is 71.9 Å². The molecule has 3 aliphatic rings. The molecule has 29 heavy (non-hydrogen) atoms. The summed E-state index contributed by atoms with van der Waals surface area (Å²) in [5.74, 6) is 1.07. The standard InChI is InChI=1S/C23H33N3O3/c27-22-17-24(14-15-26(22)20-6-2-1-3-7-20)16-19-8-10-21(11-9-19)29-18-23(28)25-12-4-5-13-25/h8-11,20H,1-7,12-18H2. The molecule has 158 valence electrons. The van der Waals surface area contributed by atoms with Crippen molar-refractivity contribution in [3.63, 3.8) is 0 Å². The van der Waals surface area contributed by atoms with Crippen LogP contribution in [0.4, 0.5) is 0 Å². The van der Waals surface area contributed by atoms with Crippen LogP contribution < -0.4 is 4.74 Å². The van der Waals surface area contributed by atoms with E-state index in [4.69, 9.17) is 4.74 Å². The van der Waals surface area contributed by atoms with Crippen molar-refractivity contribution in [2.24, 2.45) is 0 Å². The summed E-state index contributed by atoms with van der Waals surface area (Å²) in [6, 6.07) is 8.39. The molecular weight excluding hydrogens is 366 g/mol. The van der Waals surface area contributed by atoms with E-state index < -0.39 is 0 Å². The summed E-state index contributed by atoms with van der Waals surface area (Å²) < 4.78 is 5.66. The van der Waals surface area contributed by atoms with Crippen LogP contribution in [0.1, 0.15) is 50.5 Å². The van der Waals surface area contributed by atoms with E-state index in [1.807, 2.05) is 29.2 Å². The maximum Gasteiger partial charge on any atom is 0.260 e. The molecule has 2 aliphatic heterocycles. The van der Waals surface area contributed by atoms with Crippen LogP contribution >= 0.6 is 0 Å². The summed E-state index contributed by atoms with van der Waals surface area (Å²) in [4.78, 5) is 30.9. The summed E-state index contributed by atoms with van der Waals surface area (Å²) >= 11 is 0. The van der Waals surface area contributed by atoms with Gasteiger partial charge in [0.1, 0.15) is 5.75 Å². The van der Waals surface area contributed by atoms with Gasteiger partial charge in [0.25, 0.3) is 5.91 Å². The molecule has 6 heteroatoms. The Kier molecular flexibility index (Phi) is 6.70. The van der Waals surface area contributed by atoms with Gasteiger partial charge in [-0.25, -0.2) is 0 Å². The van der Waals surface area contributed by atoms with E-state index in [2.05, 4.69) is 9.80 Å². The van der Waals surface area contributed by atoms with Gasteiger partial charge in [-0.1, -0.05) is 31.4 Å². The molecule has 0 bridgehead atoms. The van der Waals surface area contributed by atoms with Crippen LogP contribution in [-0.2, 0) is 16.1 Å². The van der Waals surface area contributed by atoms with Gasteiger partial charge in [0, 0.05) is 38.8 Å². The third-order valence-electron chi connectivity index (χ3n) is 6.50. The van der Waals surface area contributed by atoms with E-state index in [0.29, 0.717) is 12.6 Å². The van der Waals surface area contributed by atoms with Crippen LogP contribution in [0, 0.1) is 0 Å². The molecule has 1 saturated carbocycles. The third-order valence-corrected chi connectivity index (χ3v) is 6.50.